The molecule has 2 aromatic rings. The normalized spacial score (nSPS) is 8.79. The number of hydrogen-bond acceptors (Lipinski definition) is 2. The maximum Gasteiger partial charge on any atom is 0.159 e. The van der Waals surface area contributed by atoms with Crippen LogP contribution >= 0.6 is 9.24 Å². The summed E-state index contributed by atoms with van der Waals surface area (Å²) in [4.78, 5) is 7.89. The Balaban J connectivity index is 0.000000741. The third-order valence-electron chi connectivity index (χ3n) is 2.11. The van der Waals surface area contributed by atoms with E-state index in [9.17, 15) is 4.39 Å². The Morgan fingerprint density at radius 2 is 1.53 bits per heavy atom. The van der Waals surface area contributed by atoms with E-state index in [1.165, 1.54) is 12.4 Å². The molecule has 0 aliphatic heterocycles. The molecule has 0 aliphatic carbocycles. The van der Waals surface area contributed by atoms with Gasteiger partial charge in [0.25, 0.3) is 0 Å². The Hall–Kier alpha value is -1.34. The highest BCUT2D eigenvalue weighted by Gasteiger charge is 2.04. The van der Waals surface area contributed by atoms with Crippen molar-refractivity contribution in [3.05, 3.63) is 42.0 Å². The lowest BCUT2D eigenvalue weighted by Gasteiger charge is -2.04. The van der Waals surface area contributed by atoms with Gasteiger partial charge in [0, 0.05) is 5.56 Å². The van der Waals surface area contributed by atoms with Gasteiger partial charge < -0.3 is 0 Å². The molecule has 0 fully saturated rings. The highest BCUT2D eigenvalue weighted by Crippen LogP contribution is 2.18. The van der Waals surface area contributed by atoms with Gasteiger partial charge in [-0.15, -0.1) is 9.24 Å². The van der Waals surface area contributed by atoms with Crippen molar-refractivity contribution in [3.63, 3.8) is 0 Å². The molecule has 0 amide bonds. The van der Waals surface area contributed by atoms with Crippen LogP contribution in [-0.2, 0) is 0 Å². The summed E-state index contributed by atoms with van der Waals surface area (Å²) >= 11 is 0. The van der Waals surface area contributed by atoms with Gasteiger partial charge in [-0.2, -0.15) is 0 Å². The second kappa shape index (κ2) is 9.57. The van der Waals surface area contributed by atoms with Crippen molar-refractivity contribution in [3.8, 4) is 11.4 Å². The summed E-state index contributed by atoms with van der Waals surface area (Å²) in [6.07, 6.45) is 2.35. The molecule has 0 saturated heterocycles. The predicted octanol–water partition coefficient (Wildman–Crippen LogP) is 4.14. The van der Waals surface area contributed by atoms with E-state index in [-0.39, 0.29) is 0 Å². The van der Waals surface area contributed by atoms with E-state index in [0.29, 0.717) is 5.82 Å². The number of rotatable bonds is 1. The van der Waals surface area contributed by atoms with E-state index in [1.807, 2.05) is 52.8 Å². The zero-order chi connectivity index (χ0) is 14.8. The van der Waals surface area contributed by atoms with Gasteiger partial charge >= 0.3 is 0 Å². The summed E-state index contributed by atoms with van der Waals surface area (Å²) in [5.74, 6) is 0.137. The highest BCUT2D eigenvalue weighted by atomic mass is 31.0. The lowest BCUT2D eigenvalue weighted by atomic mass is 10.1. The zero-order valence-corrected chi connectivity index (χ0v) is 13.4. The first-order chi connectivity index (χ1) is 9.16. The van der Waals surface area contributed by atoms with Crippen LogP contribution in [0.3, 0.4) is 0 Å². The standard InChI is InChI=1S/C11H10FN2P.2C2H6/c1-7-4-9(15)2-3-10(7)11-13-5-8(12)6-14-11;2*1-2/h2-6H,15H2,1H3;2*1-2H3. The second-order valence-corrected chi connectivity index (χ2v) is 3.97. The minimum Gasteiger partial charge on any atom is -0.233 e. The van der Waals surface area contributed by atoms with Crippen LogP contribution in [0.2, 0.25) is 0 Å². The largest absolute Gasteiger partial charge is 0.233 e. The molecule has 0 aliphatic rings. The monoisotopic (exact) mass is 280 g/mol. The van der Waals surface area contributed by atoms with E-state index in [2.05, 4.69) is 19.2 Å². The first kappa shape index (κ1) is 17.7. The molecule has 1 unspecified atom stereocenters. The molecule has 0 radical (unpaired) electrons. The molecule has 0 bridgehead atoms. The van der Waals surface area contributed by atoms with Crippen LogP contribution in [0.15, 0.2) is 30.6 Å². The third kappa shape index (κ3) is 5.44. The lowest BCUT2D eigenvalue weighted by molar-refractivity contribution is 0.614. The predicted molar refractivity (Wildman–Crippen MR) is 84.2 cm³/mol. The summed E-state index contributed by atoms with van der Waals surface area (Å²) in [6.45, 7) is 9.98. The minimum atomic E-state index is -0.418. The number of aryl methyl sites for hydroxylation is 1. The van der Waals surface area contributed by atoms with Crippen LogP contribution in [0.4, 0.5) is 4.39 Å². The second-order valence-electron chi connectivity index (χ2n) is 3.30. The quantitative estimate of drug-likeness (QED) is 0.734. The molecule has 4 heteroatoms. The van der Waals surface area contributed by atoms with Gasteiger partial charge in [0.1, 0.15) is 0 Å². The number of halogens is 1. The summed E-state index contributed by atoms with van der Waals surface area (Å²) in [7, 11) is 2.63. The SMILES string of the molecule is CC.CC.Cc1cc(P)ccc1-c1ncc(F)cn1. The van der Waals surface area contributed by atoms with E-state index < -0.39 is 5.82 Å². The van der Waals surface area contributed by atoms with Crippen molar-refractivity contribution >= 4 is 14.5 Å². The van der Waals surface area contributed by atoms with Crippen molar-refractivity contribution in [2.75, 3.05) is 0 Å². The topological polar surface area (TPSA) is 25.8 Å². The van der Waals surface area contributed by atoms with E-state index in [0.717, 1.165) is 16.4 Å². The lowest BCUT2D eigenvalue weighted by Crippen LogP contribution is -1.96. The van der Waals surface area contributed by atoms with Crippen molar-refractivity contribution < 1.29 is 4.39 Å². The fourth-order valence-electron chi connectivity index (χ4n) is 1.39. The van der Waals surface area contributed by atoms with Crippen molar-refractivity contribution in [1.29, 1.82) is 0 Å². The van der Waals surface area contributed by atoms with Gasteiger partial charge in [-0.1, -0.05) is 45.9 Å². The van der Waals surface area contributed by atoms with Crippen LogP contribution in [0.25, 0.3) is 11.4 Å². The average Bonchev–Trinajstić information content (AvgIpc) is 2.45. The van der Waals surface area contributed by atoms with Gasteiger partial charge in [-0.3, -0.25) is 0 Å². The molecule has 1 aromatic heterocycles. The Bertz CT molecular complexity index is 484. The van der Waals surface area contributed by atoms with Gasteiger partial charge in [0.2, 0.25) is 0 Å². The van der Waals surface area contributed by atoms with Gasteiger partial charge in [0.15, 0.2) is 11.6 Å². The van der Waals surface area contributed by atoms with Crippen LogP contribution in [0, 0.1) is 12.7 Å². The average molecular weight is 280 g/mol. The van der Waals surface area contributed by atoms with Gasteiger partial charge in [0.05, 0.1) is 12.4 Å². The number of nitrogens with zero attached hydrogens (tertiary/aromatic N) is 2. The molecule has 0 spiro atoms. The smallest absolute Gasteiger partial charge is 0.159 e. The van der Waals surface area contributed by atoms with Crippen molar-refractivity contribution in [1.82, 2.24) is 9.97 Å². The molecule has 19 heavy (non-hydrogen) atoms. The molecule has 0 saturated carbocycles. The summed E-state index contributed by atoms with van der Waals surface area (Å²) < 4.78 is 12.6. The molecule has 1 aromatic carbocycles. The van der Waals surface area contributed by atoms with E-state index in [1.54, 1.807) is 0 Å². The number of benzene rings is 1. The molecule has 104 valence electrons. The van der Waals surface area contributed by atoms with E-state index >= 15 is 0 Å². The van der Waals surface area contributed by atoms with Crippen LogP contribution in [0.5, 0.6) is 0 Å². The van der Waals surface area contributed by atoms with Crippen LogP contribution < -0.4 is 5.30 Å². The van der Waals surface area contributed by atoms with Crippen LogP contribution in [-0.4, -0.2) is 9.97 Å². The fourth-order valence-corrected chi connectivity index (χ4v) is 1.74. The Labute approximate surface area is 117 Å². The Morgan fingerprint density at radius 3 is 2.00 bits per heavy atom. The summed E-state index contributed by atoms with van der Waals surface area (Å²) in [5, 5.41) is 1.11. The zero-order valence-electron chi connectivity index (χ0n) is 12.2. The maximum absolute atomic E-state index is 12.6. The van der Waals surface area contributed by atoms with Crippen LogP contribution in [0.1, 0.15) is 33.3 Å². The molecule has 1 heterocycles. The fraction of sp³-hybridized carbons (Fsp3) is 0.333. The first-order valence-electron chi connectivity index (χ1n) is 6.51. The molecule has 2 nitrogen and oxygen atoms in total. The van der Waals surface area contributed by atoms with Gasteiger partial charge in [-0.05, 0) is 17.8 Å². The number of aromatic nitrogens is 2. The van der Waals surface area contributed by atoms with Crippen molar-refractivity contribution in [2.45, 2.75) is 34.6 Å². The molecule has 0 N–H and O–H groups in total. The Morgan fingerprint density at radius 1 is 1.00 bits per heavy atom. The Kier molecular flexibility index (Phi) is 8.90. The van der Waals surface area contributed by atoms with Crippen molar-refractivity contribution in [2.24, 2.45) is 0 Å². The van der Waals surface area contributed by atoms with Gasteiger partial charge in [-0.25, -0.2) is 14.4 Å². The third-order valence-corrected chi connectivity index (χ3v) is 2.47. The molecule has 2 rings (SSSR count). The molecule has 1 atom stereocenters. The summed E-state index contributed by atoms with van der Waals surface area (Å²) in [6, 6.07) is 5.91. The molecular weight excluding hydrogens is 258 g/mol. The first-order valence-corrected chi connectivity index (χ1v) is 7.08. The highest BCUT2D eigenvalue weighted by molar-refractivity contribution is 7.27. The summed E-state index contributed by atoms with van der Waals surface area (Å²) in [5.41, 5.74) is 2.01. The minimum absolute atomic E-state index is 0.418. The number of hydrogen-bond donors (Lipinski definition) is 0. The van der Waals surface area contributed by atoms with E-state index in [4.69, 9.17) is 0 Å². The maximum atomic E-state index is 12.6. The molecular formula is C15H22FN2P.